The summed E-state index contributed by atoms with van der Waals surface area (Å²) in [6, 6.07) is 10.6. The predicted octanol–water partition coefficient (Wildman–Crippen LogP) is 2.44. The van der Waals surface area contributed by atoms with Gasteiger partial charge in [0.2, 0.25) is 5.91 Å². The van der Waals surface area contributed by atoms with Gasteiger partial charge in [-0.25, -0.2) is 0 Å². The van der Waals surface area contributed by atoms with Gasteiger partial charge in [0.1, 0.15) is 0 Å². The molecule has 2 aliphatic heterocycles. The predicted molar refractivity (Wildman–Crippen MR) is 103 cm³/mol. The average molecular weight is 350 g/mol. The van der Waals surface area contributed by atoms with Crippen LogP contribution in [0.2, 0.25) is 0 Å². The van der Waals surface area contributed by atoms with Crippen LogP contribution >= 0.6 is 0 Å². The zero-order valence-corrected chi connectivity index (χ0v) is 15.4. The maximum Gasteiger partial charge on any atom is 0.236 e. The molecule has 1 amide bonds. The molecule has 26 heavy (non-hydrogen) atoms. The van der Waals surface area contributed by atoms with Crippen molar-refractivity contribution < 1.29 is 4.79 Å². The van der Waals surface area contributed by atoms with Crippen molar-refractivity contribution in [2.45, 2.75) is 26.4 Å². The number of rotatable bonds is 3. The summed E-state index contributed by atoms with van der Waals surface area (Å²) in [5, 5.41) is 0. The number of carbonyl (C=O) groups is 1. The summed E-state index contributed by atoms with van der Waals surface area (Å²) in [4.78, 5) is 23.7. The van der Waals surface area contributed by atoms with E-state index in [-0.39, 0.29) is 5.91 Å². The first-order valence-corrected chi connectivity index (χ1v) is 9.43. The van der Waals surface area contributed by atoms with Gasteiger partial charge in [-0.1, -0.05) is 24.3 Å². The standard InChI is InChI=1S/C21H26N4O/c1-17-13-22-8-7-20(17)24-9-4-10-25(12-11-24)21(26)16-23-14-18-5-2-3-6-19(18)15-23/h2-3,5-8,13H,4,9-12,14-16H2,1H3. The highest BCUT2D eigenvalue weighted by Crippen LogP contribution is 2.23. The Morgan fingerprint density at radius 1 is 1.04 bits per heavy atom. The van der Waals surface area contributed by atoms with Crippen LogP contribution in [0, 0.1) is 6.92 Å². The fourth-order valence-electron chi connectivity index (χ4n) is 4.04. The molecule has 0 bridgehead atoms. The maximum atomic E-state index is 12.8. The Morgan fingerprint density at radius 2 is 1.81 bits per heavy atom. The molecule has 1 saturated heterocycles. The van der Waals surface area contributed by atoms with Crippen molar-refractivity contribution in [1.82, 2.24) is 14.8 Å². The van der Waals surface area contributed by atoms with Crippen LogP contribution in [0.4, 0.5) is 5.69 Å². The van der Waals surface area contributed by atoms with E-state index in [1.54, 1.807) is 0 Å². The lowest BCUT2D eigenvalue weighted by molar-refractivity contribution is -0.132. The third-order valence-electron chi connectivity index (χ3n) is 5.45. The number of amides is 1. The monoisotopic (exact) mass is 350 g/mol. The smallest absolute Gasteiger partial charge is 0.236 e. The Kier molecular flexibility index (Phi) is 4.89. The number of aromatic nitrogens is 1. The molecule has 1 aromatic heterocycles. The highest BCUT2D eigenvalue weighted by Gasteiger charge is 2.25. The number of nitrogens with zero attached hydrogens (tertiary/aromatic N) is 4. The van der Waals surface area contributed by atoms with Crippen LogP contribution in [0.15, 0.2) is 42.7 Å². The molecule has 5 nitrogen and oxygen atoms in total. The lowest BCUT2D eigenvalue weighted by Gasteiger charge is -2.26. The van der Waals surface area contributed by atoms with Crippen molar-refractivity contribution in [3.8, 4) is 0 Å². The molecule has 1 aromatic carbocycles. The van der Waals surface area contributed by atoms with Crippen LogP contribution in [-0.2, 0) is 17.9 Å². The Morgan fingerprint density at radius 3 is 2.54 bits per heavy atom. The number of pyridine rings is 1. The molecule has 0 spiro atoms. The second-order valence-corrected chi connectivity index (χ2v) is 7.30. The molecule has 4 rings (SSSR count). The average Bonchev–Trinajstić information content (AvgIpc) is 2.89. The molecule has 0 unspecified atom stereocenters. The Bertz CT molecular complexity index is 766. The summed E-state index contributed by atoms with van der Waals surface area (Å²) in [5.74, 6) is 0.256. The van der Waals surface area contributed by atoms with Crippen molar-refractivity contribution in [2.24, 2.45) is 0 Å². The van der Waals surface area contributed by atoms with Crippen molar-refractivity contribution in [3.63, 3.8) is 0 Å². The molecule has 0 saturated carbocycles. The zero-order chi connectivity index (χ0) is 17.9. The van der Waals surface area contributed by atoms with Gasteiger partial charge in [-0.05, 0) is 36.1 Å². The Hall–Kier alpha value is -2.40. The van der Waals surface area contributed by atoms with E-state index in [0.717, 1.165) is 45.7 Å². The van der Waals surface area contributed by atoms with E-state index in [2.05, 4.69) is 52.0 Å². The molecule has 0 radical (unpaired) electrons. The Labute approximate surface area is 155 Å². The molecule has 3 heterocycles. The van der Waals surface area contributed by atoms with E-state index in [1.165, 1.54) is 22.4 Å². The summed E-state index contributed by atoms with van der Waals surface area (Å²) >= 11 is 0. The van der Waals surface area contributed by atoms with Gasteiger partial charge in [0.05, 0.1) is 6.54 Å². The molecule has 1 fully saturated rings. The fourth-order valence-corrected chi connectivity index (χ4v) is 4.04. The number of fused-ring (bicyclic) bond motifs is 1. The van der Waals surface area contributed by atoms with E-state index in [9.17, 15) is 4.79 Å². The van der Waals surface area contributed by atoms with Gasteiger partial charge >= 0.3 is 0 Å². The quantitative estimate of drug-likeness (QED) is 0.852. The number of benzene rings is 1. The summed E-state index contributed by atoms with van der Waals surface area (Å²) in [7, 11) is 0. The molecular formula is C21H26N4O. The first-order chi connectivity index (χ1) is 12.7. The second kappa shape index (κ2) is 7.46. The normalized spacial score (nSPS) is 17.9. The minimum absolute atomic E-state index is 0.256. The van der Waals surface area contributed by atoms with Crippen LogP contribution < -0.4 is 4.90 Å². The molecule has 136 valence electrons. The number of hydrogen-bond acceptors (Lipinski definition) is 4. The van der Waals surface area contributed by atoms with Crippen LogP contribution in [0.25, 0.3) is 0 Å². The van der Waals surface area contributed by atoms with Crippen LogP contribution in [-0.4, -0.2) is 53.4 Å². The number of hydrogen-bond donors (Lipinski definition) is 0. The van der Waals surface area contributed by atoms with E-state index in [1.807, 2.05) is 17.3 Å². The molecule has 5 heteroatoms. The number of anilines is 1. The van der Waals surface area contributed by atoms with Crippen molar-refractivity contribution in [3.05, 3.63) is 59.4 Å². The maximum absolute atomic E-state index is 12.8. The summed E-state index contributed by atoms with van der Waals surface area (Å²) in [6.07, 6.45) is 4.77. The van der Waals surface area contributed by atoms with Gasteiger partial charge in [0.15, 0.2) is 0 Å². The van der Waals surface area contributed by atoms with E-state index in [4.69, 9.17) is 0 Å². The van der Waals surface area contributed by atoms with Gasteiger partial charge < -0.3 is 9.80 Å². The summed E-state index contributed by atoms with van der Waals surface area (Å²) < 4.78 is 0. The topological polar surface area (TPSA) is 39.7 Å². The van der Waals surface area contributed by atoms with Gasteiger partial charge in [-0.2, -0.15) is 0 Å². The molecular weight excluding hydrogens is 324 g/mol. The van der Waals surface area contributed by atoms with Gasteiger partial charge in [0.25, 0.3) is 0 Å². The van der Waals surface area contributed by atoms with Crippen molar-refractivity contribution in [2.75, 3.05) is 37.6 Å². The Balaban J connectivity index is 1.34. The summed E-state index contributed by atoms with van der Waals surface area (Å²) in [5.41, 5.74) is 5.15. The van der Waals surface area contributed by atoms with Gasteiger partial charge in [0, 0.05) is 57.3 Å². The highest BCUT2D eigenvalue weighted by molar-refractivity contribution is 5.78. The first kappa shape index (κ1) is 17.0. The highest BCUT2D eigenvalue weighted by atomic mass is 16.2. The number of carbonyl (C=O) groups excluding carboxylic acids is 1. The molecule has 2 aliphatic rings. The summed E-state index contributed by atoms with van der Waals surface area (Å²) in [6.45, 7) is 7.91. The third kappa shape index (κ3) is 3.58. The van der Waals surface area contributed by atoms with Crippen LogP contribution in [0.1, 0.15) is 23.1 Å². The van der Waals surface area contributed by atoms with Crippen LogP contribution in [0.5, 0.6) is 0 Å². The van der Waals surface area contributed by atoms with Crippen molar-refractivity contribution in [1.29, 1.82) is 0 Å². The van der Waals surface area contributed by atoms with E-state index >= 15 is 0 Å². The molecule has 0 atom stereocenters. The first-order valence-electron chi connectivity index (χ1n) is 9.43. The fraction of sp³-hybridized carbons (Fsp3) is 0.429. The lowest BCUT2D eigenvalue weighted by atomic mass is 10.1. The van der Waals surface area contributed by atoms with Gasteiger partial charge in [-0.3, -0.25) is 14.7 Å². The third-order valence-corrected chi connectivity index (χ3v) is 5.45. The molecule has 0 N–H and O–H groups in total. The zero-order valence-electron chi connectivity index (χ0n) is 15.4. The number of aryl methyl sites for hydroxylation is 1. The molecule has 2 aromatic rings. The molecule has 0 aliphatic carbocycles. The lowest BCUT2D eigenvalue weighted by Crippen LogP contribution is -2.40. The second-order valence-electron chi connectivity index (χ2n) is 7.30. The SMILES string of the molecule is Cc1cnccc1N1CCCN(C(=O)CN2Cc3ccccc3C2)CC1. The van der Waals surface area contributed by atoms with E-state index < -0.39 is 0 Å². The van der Waals surface area contributed by atoms with E-state index in [0.29, 0.717) is 6.54 Å². The minimum Gasteiger partial charge on any atom is -0.369 e. The largest absolute Gasteiger partial charge is 0.369 e. The van der Waals surface area contributed by atoms with Crippen LogP contribution in [0.3, 0.4) is 0 Å². The van der Waals surface area contributed by atoms with Gasteiger partial charge in [-0.15, -0.1) is 0 Å². The minimum atomic E-state index is 0.256. The van der Waals surface area contributed by atoms with Crippen molar-refractivity contribution >= 4 is 11.6 Å².